The van der Waals surface area contributed by atoms with Gasteiger partial charge in [0, 0.05) is 25.6 Å². The molecule has 0 bridgehead atoms. The second-order valence-corrected chi connectivity index (χ2v) is 5.93. The molecule has 0 radical (unpaired) electrons. The van der Waals surface area contributed by atoms with E-state index in [9.17, 15) is 4.79 Å². The van der Waals surface area contributed by atoms with Gasteiger partial charge in [0.1, 0.15) is 6.61 Å². The highest BCUT2D eigenvalue weighted by molar-refractivity contribution is 5.75. The summed E-state index contributed by atoms with van der Waals surface area (Å²) >= 11 is 0. The molecule has 0 aromatic heterocycles. The first kappa shape index (κ1) is 19.3. The van der Waals surface area contributed by atoms with E-state index in [2.05, 4.69) is 10.2 Å². The fourth-order valence-corrected chi connectivity index (χ4v) is 1.93. The lowest BCUT2D eigenvalue weighted by molar-refractivity contribution is -0.121. The van der Waals surface area contributed by atoms with Crippen molar-refractivity contribution in [3.05, 3.63) is 23.8 Å². The van der Waals surface area contributed by atoms with Gasteiger partial charge in [-0.15, -0.1) is 0 Å². The number of hydrogen-bond donors (Lipinski definition) is 2. The molecule has 0 saturated carbocycles. The van der Waals surface area contributed by atoms with Gasteiger partial charge in [0.2, 0.25) is 5.91 Å². The van der Waals surface area contributed by atoms with Gasteiger partial charge in [0.25, 0.3) is 0 Å². The summed E-state index contributed by atoms with van der Waals surface area (Å²) in [4.78, 5) is 13.8. The van der Waals surface area contributed by atoms with Crippen LogP contribution in [-0.2, 0) is 11.3 Å². The summed E-state index contributed by atoms with van der Waals surface area (Å²) < 4.78 is 11.1. The number of rotatable bonds is 10. The molecule has 1 aromatic rings. The number of likely N-dealkylation sites (N-methyl/N-ethyl adjacent to an activating group) is 1. The van der Waals surface area contributed by atoms with Gasteiger partial charge < -0.3 is 25.4 Å². The van der Waals surface area contributed by atoms with Gasteiger partial charge in [-0.2, -0.15) is 0 Å². The zero-order valence-electron chi connectivity index (χ0n) is 14.6. The van der Waals surface area contributed by atoms with E-state index >= 15 is 0 Å². The molecule has 1 atom stereocenters. The molecule has 1 aromatic carbocycles. The van der Waals surface area contributed by atoms with Gasteiger partial charge in [0.15, 0.2) is 11.5 Å². The van der Waals surface area contributed by atoms with E-state index in [0.717, 1.165) is 12.1 Å². The molecule has 23 heavy (non-hydrogen) atoms. The fraction of sp³-hybridized carbons (Fsp3) is 0.588. The molecule has 0 aliphatic heterocycles. The normalized spacial score (nSPS) is 12.1. The van der Waals surface area contributed by atoms with Crippen LogP contribution in [0.15, 0.2) is 18.2 Å². The summed E-state index contributed by atoms with van der Waals surface area (Å²) in [6.07, 6.45) is 1.13. The van der Waals surface area contributed by atoms with E-state index in [1.807, 2.05) is 39.2 Å². The Morgan fingerprint density at radius 3 is 2.70 bits per heavy atom. The van der Waals surface area contributed by atoms with Crippen LogP contribution in [-0.4, -0.2) is 51.2 Å². The average molecular weight is 323 g/mol. The third-order valence-corrected chi connectivity index (χ3v) is 3.34. The first-order valence-corrected chi connectivity index (χ1v) is 7.89. The van der Waals surface area contributed by atoms with Gasteiger partial charge in [-0.05, 0) is 45.1 Å². The topological polar surface area (TPSA) is 76.8 Å². The zero-order chi connectivity index (χ0) is 17.2. The minimum Gasteiger partial charge on any atom is -0.493 e. The van der Waals surface area contributed by atoms with Crippen molar-refractivity contribution in [1.29, 1.82) is 0 Å². The van der Waals surface area contributed by atoms with Crippen molar-refractivity contribution >= 4 is 5.91 Å². The number of carbonyl (C=O) groups excluding carboxylic acids is 1. The molecule has 6 heteroatoms. The maximum absolute atomic E-state index is 11.7. The lowest BCUT2D eigenvalue weighted by Gasteiger charge is -2.14. The Hall–Kier alpha value is -1.79. The van der Waals surface area contributed by atoms with Crippen molar-refractivity contribution in [3.63, 3.8) is 0 Å². The molecule has 6 nitrogen and oxygen atoms in total. The molecule has 0 heterocycles. The summed E-state index contributed by atoms with van der Waals surface area (Å²) in [5, 5.41) is 2.89. The van der Waals surface area contributed by atoms with Crippen LogP contribution in [0.1, 0.15) is 25.3 Å². The van der Waals surface area contributed by atoms with Crippen molar-refractivity contribution in [2.75, 3.05) is 34.4 Å². The molecule has 0 fully saturated rings. The SMILES string of the molecule is COc1cc(CNC(=O)CCC(C)N)ccc1OCCN(C)C. The Balaban J connectivity index is 2.52. The lowest BCUT2D eigenvalue weighted by atomic mass is 10.1. The first-order valence-electron chi connectivity index (χ1n) is 7.89. The van der Waals surface area contributed by atoms with E-state index in [1.165, 1.54) is 0 Å². The van der Waals surface area contributed by atoms with Crippen LogP contribution < -0.4 is 20.5 Å². The number of hydrogen-bond acceptors (Lipinski definition) is 5. The van der Waals surface area contributed by atoms with E-state index in [4.69, 9.17) is 15.2 Å². The van der Waals surface area contributed by atoms with E-state index in [1.54, 1.807) is 7.11 Å². The summed E-state index contributed by atoms with van der Waals surface area (Å²) in [6, 6.07) is 5.73. The van der Waals surface area contributed by atoms with Crippen LogP contribution in [0.4, 0.5) is 0 Å². The van der Waals surface area contributed by atoms with Crippen molar-refractivity contribution in [2.45, 2.75) is 32.4 Å². The molecular formula is C17H29N3O3. The number of carbonyl (C=O) groups is 1. The van der Waals surface area contributed by atoms with Crippen LogP contribution in [0, 0.1) is 0 Å². The maximum atomic E-state index is 11.7. The Labute approximate surface area is 138 Å². The van der Waals surface area contributed by atoms with Crippen LogP contribution >= 0.6 is 0 Å². The average Bonchev–Trinajstić information content (AvgIpc) is 2.51. The Morgan fingerprint density at radius 2 is 2.09 bits per heavy atom. The standard InChI is InChI=1S/C17H29N3O3/c1-13(18)5-8-17(21)19-12-14-6-7-15(16(11-14)22-4)23-10-9-20(2)3/h6-7,11,13H,5,8-10,12,18H2,1-4H3,(H,19,21). The summed E-state index contributed by atoms with van der Waals surface area (Å²) in [6.45, 7) is 3.79. The third-order valence-electron chi connectivity index (χ3n) is 3.34. The molecule has 1 amide bonds. The number of nitrogens with zero attached hydrogens (tertiary/aromatic N) is 1. The number of methoxy groups -OCH3 is 1. The Morgan fingerprint density at radius 1 is 1.35 bits per heavy atom. The second kappa shape index (κ2) is 10.1. The van der Waals surface area contributed by atoms with Crippen LogP contribution in [0.25, 0.3) is 0 Å². The van der Waals surface area contributed by atoms with Gasteiger partial charge in [-0.25, -0.2) is 0 Å². The molecule has 0 spiro atoms. The zero-order valence-corrected chi connectivity index (χ0v) is 14.6. The summed E-state index contributed by atoms with van der Waals surface area (Å²) in [5.74, 6) is 1.39. The molecule has 0 saturated heterocycles. The van der Waals surface area contributed by atoms with Crippen molar-refractivity contribution in [1.82, 2.24) is 10.2 Å². The summed E-state index contributed by atoms with van der Waals surface area (Å²) in [5.41, 5.74) is 6.62. The van der Waals surface area contributed by atoms with Crippen molar-refractivity contribution < 1.29 is 14.3 Å². The molecule has 3 N–H and O–H groups in total. The quantitative estimate of drug-likeness (QED) is 0.680. The lowest BCUT2D eigenvalue weighted by Crippen LogP contribution is -2.25. The molecule has 0 aliphatic carbocycles. The van der Waals surface area contributed by atoms with Crippen LogP contribution in [0.2, 0.25) is 0 Å². The number of nitrogens with one attached hydrogen (secondary N) is 1. The third kappa shape index (κ3) is 7.85. The van der Waals surface area contributed by atoms with Crippen molar-refractivity contribution in [2.24, 2.45) is 5.73 Å². The maximum Gasteiger partial charge on any atom is 0.220 e. The minimum absolute atomic E-state index is 0.00702. The number of ether oxygens (including phenoxy) is 2. The summed E-state index contributed by atoms with van der Waals surface area (Å²) in [7, 11) is 5.61. The fourth-order valence-electron chi connectivity index (χ4n) is 1.93. The van der Waals surface area contributed by atoms with Crippen molar-refractivity contribution in [3.8, 4) is 11.5 Å². The highest BCUT2D eigenvalue weighted by Crippen LogP contribution is 2.28. The minimum atomic E-state index is 0.00702. The number of amides is 1. The van der Waals surface area contributed by atoms with Crippen LogP contribution in [0.3, 0.4) is 0 Å². The van der Waals surface area contributed by atoms with E-state index in [0.29, 0.717) is 37.5 Å². The number of benzene rings is 1. The predicted molar refractivity (Wildman–Crippen MR) is 91.8 cm³/mol. The molecular weight excluding hydrogens is 294 g/mol. The number of nitrogens with two attached hydrogens (primary N) is 1. The van der Waals surface area contributed by atoms with E-state index in [-0.39, 0.29) is 11.9 Å². The highest BCUT2D eigenvalue weighted by Gasteiger charge is 2.08. The predicted octanol–water partition coefficient (Wildman–Crippen LogP) is 1.38. The molecule has 0 aliphatic rings. The molecule has 1 unspecified atom stereocenters. The molecule has 1 rings (SSSR count). The second-order valence-electron chi connectivity index (χ2n) is 5.93. The first-order chi connectivity index (χ1) is 10.9. The Kier molecular flexibility index (Phi) is 8.43. The van der Waals surface area contributed by atoms with Gasteiger partial charge in [-0.1, -0.05) is 6.07 Å². The van der Waals surface area contributed by atoms with Gasteiger partial charge in [0.05, 0.1) is 7.11 Å². The molecule has 130 valence electrons. The highest BCUT2D eigenvalue weighted by atomic mass is 16.5. The smallest absolute Gasteiger partial charge is 0.220 e. The monoisotopic (exact) mass is 323 g/mol. The Bertz CT molecular complexity index is 490. The van der Waals surface area contributed by atoms with E-state index < -0.39 is 0 Å². The van der Waals surface area contributed by atoms with Crippen LogP contribution in [0.5, 0.6) is 11.5 Å². The largest absolute Gasteiger partial charge is 0.493 e. The van der Waals surface area contributed by atoms with Gasteiger partial charge >= 0.3 is 0 Å². The van der Waals surface area contributed by atoms with Gasteiger partial charge in [-0.3, -0.25) is 4.79 Å².